The number of nitro groups is 1. The van der Waals surface area contributed by atoms with E-state index >= 15 is 0 Å². The van der Waals surface area contributed by atoms with E-state index < -0.39 is 17.5 Å². The molecule has 0 spiro atoms. The molecule has 8 nitrogen and oxygen atoms in total. The molecule has 1 amide bonds. The number of carbonyl (C=O) groups excluding carboxylic acids is 2. The number of carbonyl (C=O) groups is 2. The first kappa shape index (κ1) is 21.3. The number of nitro benzene ring substituents is 1. The fourth-order valence-electron chi connectivity index (χ4n) is 3.51. The van der Waals surface area contributed by atoms with Gasteiger partial charge in [0.15, 0.2) is 6.61 Å². The Morgan fingerprint density at radius 3 is 2.47 bits per heavy atom. The number of anilines is 1. The zero-order valence-corrected chi connectivity index (χ0v) is 17.0. The summed E-state index contributed by atoms with van der Waals surface area (Å²) in [5.74, 6) is -1.05. The number of benzene rings is 2. The van der Waals surface area contributed by atoms with Crippen LogP contribution in [0.2, 0.25) is 0 Å². The topological polar surface area (TPSA) is 93.0 Å². The van der Waals surface area contributed by atoms with Crippen LogP contribution in [0.3, 0.4) is 0 Å². The molecule has 1 fully saturated rings. The number of amides is 1. The Morgan fingerprint density at radius 1 is 1.13 bits per heavy atom. The van der Waals surface area contributed by atoms with E-state index in [1.807, 2.05) is 42.2 Å². The van der Waals surface area contributed by atoms with Gasteiger partial charge in [0.1, 0.15) is 0 Å². The van der Waals surface area contributed by atoms with Crippen molar-refractivity contribution in [2.75, 3.05) is 31.1 Å². The van der Waals surface area contributed by atoms with Crippen molar-refractivity contribution in [1.82, 2.24) is 4.90 Å². The highest BCUT2D eigenvalue weighted by atomic mass is 16.6. The average Bonchev–Trinajstić information content (AvgIpc) is 3.30. The van der Waals surface area contributed by atoms with Crippen LogP contribution in [0, 0.1) is 10.1 Å². The molecule has 1 aliphatic rings. The summed E-state index contributed by atoms with van der Waals surface area (Å²) in [4.78, 5) is 39.5. The number of hydrogen-bond acceptors (Lipinski definition) is 6. The van der Waals surface area contributed by atoms with Gasteiger partial charge in [-0.2, -0.15) is 0 Å². The summed E-state index contributed by atoms with van der Waals surface area (Å²) in [5.41, 5.74) is 1.52. The monoisotopic (exact) mass is 411 g/mol. The fourth-order valence-corrected chi connectivity index (χ4v) is 3.51. The minimum Gasteiger partial charge on any atom is -0.452 e. The quantitative estimate of drug-likeness (QED) is 0.375. The molecule has 2 aromatic rings. The number of nitrogens with zero attached hydrogens (tertiary/aromatic N) is 3. The second kappa shape index (κ2) is 9.87. The first-order valence-corrected chi connectivity index (χ1v) is 10.0. The van der Waals surface area contributed by atoms with Crippen molar-refractivity contribution in [2.45, 2.75) is 26.3 Å². The van der Waals surface area contributed by atoms with E-state index in [0.717, 1.165) is 31.5 Å². The molecule has 0 bridgehead atoms. The largest absolute Gasteiger partial charge is 0.452 e. The van der Waals surface area contributed by atoms with Crippen molar-refractivity contribution in [3.8, 4) is 0 Å². The number of likely N-dealkylation sites (N-methyl/N-ethyl adjacent to an activating group) is 1. The molecule has 0 unspecified atom stereocenters. The van der Waals surface area contributed by atoms with Crippen LogP contribution in [-0.4, -0.2) is 47.9 Å². The lowest BCUT2D eigenvalue weighted by Gasteiger charge is -2.22. The smallest absolute Gasteiger partial charge is 0.341 e. The maximum Gasteiger partial charge on any atom is 0.341 e. The number of esters is 1. The van der Waals surface area contributed by atoms with Gasteiger partial charge in [0.05, 0.1) is 16.2 Å². The van der Waals surface area contributed by atoms with Gasteiger partial charge < -0.3 is 14.5 Å². The Bertz CT molecular complexity index is 910. The van der Waals surface area contributed by atoms with Gasteiger partial charge in [-0.05, 0) is 31.4 Å². The van der Waals surface area contributed by atoms with Crippen LogP contribution >= 0.6 is 0 Å². The molecular formula is C22H25N3O5. The molecule has 0 N–H and O–H groups in total. The number of hydrogen-bond donors (Lipinski definition) is 0. The van der Waals surface area contributed by atoms with Crippen molar-refractivity contribution in [3.05, 3.63) is 69.8 Å². The van der Waals surface area contributed by atoms with Crippen molar-refractivity contribution >= 4 is 23.3 Å². The molecule has 0 atom stereocenters. The molecule has 8 heteroatoms. The van der Waals surface area contributed by atoms with Crippen LogP contribution in [0.25, 0.3) is 0 Å². The van der Waals surface area contributed by atoms with Crippen LogP contribution in [0.4, 0.5) is 11.4 Å². The maximum atomic E-state index is 12.7. The Labute approximate surface area is 175 Å². The summed E-state index contributed by atoms with van der Waals surface area (Å²) in [6, 6.07) is 13.7. The summed E-state index contributed by atoms with van der Waals surface area (Å²) in [5, 5.41) is 11.2. The molecule has 1 heterocycles. The fraction of sp³-hybridized carbons (Fsp3) is 0.364. The molecular weight excluding hydrogens is 386 g/mol. The lowest BCUT2D eigenvalue weighted by Crippen LogP contribution is -2.34. The Kier molecular flexibility index (Phi) is 7.00. The van der Waals surface area contributed by atoms with Crippen molar-refractivity contribution in [2.24, 2.45) is 0 Å². The van der Waals surface area contributed by atoms with E-state index in [2.05, 4.69) is 0 Å². The minimum absolute atomic E-state index is 0.116. The van der Waals surface area contributed by atoms with Crippen LogP contribution in [0.5, 0.6) is 0 Å². The van der Waals surface area contributed by atoms with E-state index in [9.17, 15) is 19.7 Å². The van der Waals surface area contributed by atoms with Crippen molar-refractivity contribution < 1.29 is 19.2 Å². The zero-order chi connectivity index (χ0) is 21.5. The highest BCUT2D eigenvalue weighted by molar-refractivity contribution is 5.97. The predicted molar refractivity (Wildman–Crippen MR) is 112 cm³/mol. The molecule has 1 aliphatic heterocycles. The van der Waals surface area contributed by atoms with Gasteiger partial charge in [0.25, 0.3) is 11.6 Å². The molecule has 0 saturated carbocycles. The van der Waals surface area contributed by atoms with Gasteiger partial charge in [-0.1, -0.05) is 30.3 Å². The van der Waals surface area contributed by atoms with Gasteiger partial charge >= 0.3 is 5.97 Å². The van der Waals surface area contributed by atoms with Crippen molar-refractivity contribution in [1.29, 1.82) is 0 Å². The minimum atomic E-state index is -0.732. The van der Waals surface area contributed by atoms with Gasteiger partial charge in [-0.25, -0.2) is 4.79 Å². The van der Waals surface area contributed by atoms with Crippen LogP contribution in [0.1, 0.15) is 35.7 Å². The third-order valence-corrected chi connectivity index (χ3v) is 5.14. The molecule has 158 valence electrons. The highest BCUT2D eigenvalue weighted by Crippen LogP contribution is 2.29. The second-order valence-electron chi connectivity index (χ2n) is 7.12. The summed E-state index contributed by atoms with van der Waals surface area (Å²) >= 11 is 0. The number of rotatable bonds is 8. The third kappa shape index (κ3) is 5.14. The zero-order valence-electron chi connectivity index (χ0n) is 17.0. The Balaban J connectivity index is 1.70. The first-order valence-electron chi connectivity index (χ1n) is 10.0. The molecule has 30 heavy (non-hydrogen) atoms. The van der Waals surface area contributed by atoms with Crippen LogP contribution < -0.4 is 4.90 Å². The maximum absolute atomic E-state index is 12.7. The highest BCUT2D eigenvalue weighted by Gasteiger charge is 2.24. The second-order valence-corrected chi connectivity index (χ2v) is 7.12. The van der Waals surface area contributed by atoms with E-state index in [0.29, 0.717) is 18.8 Å². The van der Waals surface area contributed by atoms with E-state index in [-0.39, 0.29) is 17.2 Å². The van der Waals surface area contributed by atoms with Gasteiger partial charge in [-0.15, -0.1) is 0 Å². The van der Waals surface area contributed by atoms with Crippen molar-refractivity contribution in [3.63, 3.8) is 0 Å². The summed E-state index contributed by atoms with van der Waals surface area (Å²) in [7, 11) is 0. The molecule has 1 saturated heterocycles. The number of non-ortho nitro benzene ring substituents is 1. The lowest BCUT2D eigenvalue weighted by molar-refractivity contribution is -0.384. The standard InChI is InChI=1S/C22H25N3O5/c1-2-23(15-17-8-4-3-5-9-17)21(26)16-30-22(27)19-14-18(25(28)29)10-11-20(19)24-12-6-7-13-24/h3-5,8-11,14H,2,6-7,12-13,15-16H2,1H3. The average molecular weight is 411 g/mol. The Morgan fingerprint density at radius 2 is 1.83 bits per heavy atom. The third-order valence-electron chi connectivity index (χ3n) is 5.14. The van der Waals surface area contributed by atoms with Gasteiger partial charge in [0.2, 0.25) is 0 Å². The lowest BCUT2D eigenvalue weighted by atomic mass is 10.1. The normalized spacial score (nSPS) is 13.2. The van der Waals surface area contributed by atoms with Gasteiger partial charge in [-0.3, -0.25) is 14.9 Å². The SMILES string of the molecule is CCN(Cc1ccccc1)C(=O)COC(=O)c1cc([N+](=O)[O-])ccc1N1CCCC1. The van der Waals surface area contributed by atoms with Crippen LogP contribution in [0.15, 0.2) is 48.5 Å². The molecule has 2 aromatic carbocycles. The Hall–Kier alpha value is -3.42. The predicted octanol–water partition coefficient (Wildman–Crippen LogP) is 3.40. The van der Waals surface area contributed by atoms with E-state index in [1.54, 1.807) is 11.0 Å². The van der Waals surface area contributed by atoms with E-state index in [1.165, 1.54) is 12.1 Å². The summed E-state index contributed by atoms with van der Waals surface area (Å²) < 4.78 is 5.27. The molecule has 3 rings (SSSR count). The molecule has 0 aliphatic carbocycles. The summed E-state index contributed by atoms with van der Waals surface area (Å²) in [6.45, 7) is 3.89. The first-order chi connectivity index (χ1) is 14.5. The molecule has 0 radical (unpaired) electrons. The van der Waals surface area contributed by atoms with Crippen LogP contribution in [-0.2, 0) is 16.1 Å². The summed E-state index contributed by atoms with van der Waals surface area (Å²) in [6.07, 6.45) is 1.99. The van der Waals surface area contributed by atoms with Gasteiger partial charge in [0, 0.05) is 38.3 Å². The van der Waals surface area contributed by atoms with E-state index in [4.69, 9.17) is 4.74 Å². The molecule has 0 aromatic heterocycles. The number of ether oxygens (including phenoxy) is 1.